The zero-order valence-corrected chi connectivity index (χ0v) is 13.3. The molecule has 0 unspecified atom stereocenters. The summed E-state index contributed by atoms with van der Waals surface area (Å²) in [4.78, 5) is 15.6. The molecule has 24 heavy (non-hydrogen) atoms. The Labute approximate surface area is 141 Å². The van der Waals surface area contributed by atoms with Gasteiger partial charge in [-0.3, -0.25) is 9.78 Å². The number of benzene rings is 2. The largest absolute Gasteiger partial charge is 0.366 e. The first-order valence-corrected chi connectivity index (χ1v) is 7.56. The molecule has 1 aromatic heterocycles. The number of pyridine rings is 1. The number of aryl methyl sites for hydroxylation is 1. The van der Waals surface area contributed by atoms with Crippen molar-refractivity contribution in [2.75, 3.05) is 0 Å². The van der Waals surface area contributed by atoms with Gasteiger partial charge >= 0.3 is 0 Å². The van der Waals surface area contributed by atoms with E-state index >= 15 is 0 Å². The van der Waals surface area contributed by atoms with Crippen molar-refractivity contribution in [2.24, 2.45) is 5.73 Å². The topological polar surface area (TPSA) is 56.0 Å². The van der Waals surface area contributed by atoms with E-state index in [1.54, 1.807) is 18.3 Å². The lowest BCUT2D eigenvalue weighted by Crippen LogP contribution is -2.11. The maximum atomic E-state index is 11.3. The fraction of sp³-hybridized carbons (Fsp3) is 0.0476. The summed E-state index contributed by atoms with van der Waals surface area (Å²) in [5, 5.41) is 0. The maximum Gasteiger partial charge on any atom is 0.248 e. The van der Waals surface area contributed by atoms with Crippen LogP contribution >= 0.6 is 0 Å². The third-order valence-electron chi connectivity index (χ3n) is 3.71. The van der Waals surface area contributed by atoms with Crippen LogP contribution in [-0.4, -0.2) is 10.9 Å². The summed E-state index contributed by atoms with van der Waals surface area (Å²) in [6.45, 7) is 1.95. The molecule has 3 heteroatoms. The monoisotopic (exact) mass is 312 g/mol. The fourth-order valence-electron chi connectivity index (χ4n) is 2.35. The van der Waals surface area contributed by atoms with Gasteiger partial charge in [-0.1, -0.05) is 48.2 Å². The summed E-state index contributed by atoms with van der Waals surface area (Å²) in [7, 11) is 0. The van der Waals surface area contributed by atoms with E-state index in [4.69, 9.17) is 5.73 Å². The Balaban J connectivity index is 1.95. The van der Waals surface area contributed by atoms with Crippen molar-refractivity contribution in [1.82, 2.24) is 4.98 Å². The Morgan fingerprint density at radius 3 is 2.50 bits per heavy atom. The molecular formula is C21H16N2O. The van der Waals surface area contributed by atoms with Gasteiger partial charge in [0, 0.05) is 34.6 Å². The fourth-order valence-corrected chi connectivity index (χ4v) is 2.35. The van der Waals surface area contributed by atoms with E-state index in [2.05, 4.69) is 16.8 Å². The highest BCUT2D eigenvalue weighted by Gasteiger charge is 2.03. The first kappa shape index (κ1) is 15.5. The van der Waals surface area contributed by atoms with Gasteiger partial charge in [0.25, 0.3) is 0 Å². The van der Waals surface area contributed by atoms with Crippen LogP contribution in [0.5, 0.6) is 0 Å². The van der Waals surface area contributed by atoms with Crippen LogP contribution in [0.3, 0.4) is 0 Å². The molecule has 116 valence electrons. The van der Waals surface area contributed by atoms with Crippen LogP contribution in [0.2, 0.25) is 0 Å². The van der Waals surface area contributed by atoms with Gasteiger partial charge in [0.15, 0.2) is 0 Å². The normalized spacial score (nSPS) is 9.88. The Bertz CT molecular complexity index is 950. The zero-order chi connectivity index (χ0) is 16.9. The molecule has 3 rings (SSSR count). The number of primary amides is 1. The lowest BCUT2D eigenvalue weighted by Gasteiger charge is -2.02. The molecule has 2 N–H and O–H groups in total. The lowest BCUT2D eigenvalue weighted by atomic mass is 10.0. The second-order valence-corrected chi connectivity index (χ2v) is 5.47. The van der Waals surface area contributed by atoms with Gasteiger partial charge in [0.05, 0.1) is 0 Å². The van der Waals surface area contributed by atoms with Crippen LogP contribution in [-0.2, 0) is 0 Å². The van der Waals surface area contributed by atoms with E-state index in [0.29, 0.717) is 5.56 Å². The molecule has 0 bridgehead atoms. The van der Waals surface area contributed by atoms with E-state index in [1.807, 2.05) is 55.6 Å². The molecule has 0 saturated heterocycles. The Morgan fingerprint density at radius 2 is 1.75 bits per heavy atom. The molecule has 0 spiro atoms. The van der Waals surface area contributed by atoms with Gasteiger partial charge in [-0.25, -0.2) is 0 Å². The summed E-state index contributed by atoms with van der Waals surface area (Å²) < 4.78 is 0. The van der Waals surface area contributed by atoms with Crippen LogP contribution in [0.25, 0.3) is 11.1 Å². The number of nitrogens with zero attached hydrogens (tertiary/aromatic N) is 1. The molecule has 0 fully saturated rings. The van der Waals surface area contributed by atoms with Gasteiger partial charge in [-0.15, -0.1) is 0 Å². The van der Waals surface area contributed by atoms with Crippen LogP contribution in [0.4, 0.5) is 0 Å². The SMILES string of the molecule is Cc1ccc(C(N)=O)cc1C#Cc1cncc(-c2ccccc2)c1. The molecule has 1 heterocycles. The molecule has 3 aromatic rings. The smallest absolute Gasteiger partial charge is 0.248 e. The highest BCUT2D eigenvalue weighted by molar-refractivity contribution is 5.93. The second kappa shape index (κ2) is 6.80. The summed E-state index contributed by atoms with van der Waals surface area (Å²) in [5.74, 6) is 5.77. The van der Waals surface area contributed by atoms with E-state index < -0.39 is 5.91 Å². The van der Waals surface area contributed by atoms with Crippen LogP contribution in [0.1, 0.15) is 27.0 Å². The first-order valence-electron chi connectivity index (χ1n) is 7.56. The molecule has 0 radical (unpaired) electrons. The van der Waals surface area contributed by atoms with Crippen molar-refractivity contribution in [3.8, 4) is 23.0 Å². The molecule has 0 aliphatic carbocycles. The van der Waals surface area contributed by atoms with E-state index in [9.17, 15) is 4.79 Å². The van der Waals surface area contributed by atoms with E-state index in [0.717, 1.165) is 27.8 Å². The molecule has 3 nitrogen and oxygen atoms in total. The number of carbonyl (C=O) groups is 1. The van der Waals surface area contributed by atoms with Gasteiger partial charge in [-0.05, 0) is 36.2 Å². The molecule has 0 aliphatic rings. The summed E-state index contributed by atoms with van der Waals surface area (Å²) in [6.07, 6.45) is 3.55. The van der Waals surface area contributed by atoms with Crippen molar-refractivity contribution in [3.05, 3.63) is 89.2 Å². The van der Waals surface area contributed by atoms with Crippen molar-refractivity contribution < 1.29 is 4.79 Å². The van der Waals surface area contributed by atoms with Gasteiger partial charge in [0.2, 0.25) is 5.91 Å². The van der Waals surface area contributed by atoms with Gasteiger partial charge in [-0.2, -0.15) is 0 Å². The molecular weight excluding hydrogens is 296 g/mol. The highest BCUT2D eigenvalue weighted by Crippen LogP contribution is 2.18. The summed E-state index contributed by atoms with van der Waals surface area (Å²) in [5.41, 5.74) is 10.5. The predicted octanol–water partition coefficient (Wildman–Crippen LogP) is 3.56. The lowest BCUT2D eigenvalue weighted by molar-refractivity contribution is 0.100. The number of nitrogens with two attached hydrogens (primary N) is 1. The van der Waals surface area contributed by atoms with Crippen molar-refractivity contribution >= 4 is 5.91 Å². The molecule has 0 saturated carbocycles. The average molecular weight is 312 g/mol. The van der Waals surface area contributed by atoms with Crippen molar-refractivity contribution in [2.45, 2.75) is 6.92 Å². The second-order valence-electron chi connectivity index (χ2n) is 5.47. The summed E-state index contributed by atoms with van der Waals surface area (Å²) >= 11 is 0. The zero-order valence-electron chi connectivity index (χ0n) is 13.3. The molecule has 0 atom stereocenters. The van der Waals surface area contributed by atoms with Crippen LogP contribution < -0.4 is 5.73 Å². The highest BCUT2D eigenvalue weighted by atomic mass is 16.1. The minimum atomic E-state index is -0.453. The third kappa shape index (κ3) is 3.50. The number of amides is 1. The maximum absolute atomic E-state index is 11.3. The number of hydrogen-bond acceptors (Lipinski definition) is 2. The third-order valence-corrected chi connectivity index (χ3v) is 3.71. The minimum absolute atomic E-state index is 0.453. The molecule has 2 aromatic carbocycles. The van der Waals surface area contributed by atoms with Crippen molar-refractivity contribution in [1.29, 1.82) is 0 Å². The minimum Gasteiger partial charge on any atom is -0.366 e. The predicted molar refractivity (Wildman–Crippen MR) is 95.3 cm³/mol. The standard InChI is InChI=1S/C21H16N2O/c1-15-7-9-19(21(22)24)12-18(15)10-8-16-11-20(14-23-13-16)17-5-3-2-4-6-17/h2-7,9,11-14H,1H3,(H2,22,24). The van der Waals surface area contributed by atoms with Crippen LogP contribution in [0, 0.1) is 18.8 Å². The number of rotatable bonds is 2. The number of carbonyl (C=O) groups excluding carboxylic acids is 1. The quantitative estimate of drug-likeness (QED) is 0.736. The van der Waals surface area contributed by atoms with Gasteiger partial charge < -0.3 is 5.73 Å². The number of aromatic nitrogens is 1. The van der Waals surface area contributed by atoms with E-state index in [-0.39, 0.29) is 0 Å². The van der Waals surface area contributed by atoms with Crippen molar-refractivity contribution in [3.63, 3.8) is 0 Å². The van der Waals surface area contributed by atoms with E-state index in [1.165, 1.54) is 0 Å². The Morgan fingerprint density at radius 1 is 0.958 bits per heavy atom. The average Bonchev–Trinajstić information content (AvgIpc) is 2.62. The van der Waals surface area contributed by atoms with Crippen LogP contribution in [0.15, 0.2) is 67.0 Å². The first-order chi connectivity index (χ1) is 11.6. The Hall–Kier alpha value is -3.38. The Kier molecular flexibility index (Phi) is 4.40. The molecule has 1 amide bonds. The van der Waals surface area contributed by atoms with Gasteiger partial charge in [0.1, 0.15) is 0 Å². The molecule has 0 aliphatic heterocycles. The number of hydrogen-bond donors (Lipinski definition) is 1. The summed E-state index contributed by atoms with van der Waals surface area (Å²) in [6, 6.07) is 17.3.